The Bertz CT molecular complexity index is 740. The number of rotatable bonds is 1. The quantitative estimate of drug-likeness (QED) is 0.683. The molecule has 0 aliphatic heterocycles. The molecule has 1 aliphatic rings. The van der Waals surface area contributed by atoms with Gasteiger partial charge in [-0.05, 0) is 36.1 Å². The van der Waals surface area contributed by atoms with Crippen LogP contribution in [0.25, 0.3) is 5.65 Å². The van der Waals surface area contributed by atoms with Crippen molar-refractivity contribution in [2.24, 2.45) is 0 Å². The highest BCUT2D eigenvalue weighted by atomic mass is 35.5. The van der Waals surface area contributed by atoms with Crippen LogP contribution in [0.3, 0.4) is 0 Å². The van der Waals surface area contributed by atoms with Gasteiger partial charge in [0.2, 0.25) is 0 Å². The van der Waals surface area contributed by atoms with E-state index in [1.165, 1.54) is 11.1 Å². The van der Waals surface area contributed by atoms with Crippen LogP contribution in [0.1, 0.15) is 22.9 Å². The Kier molecular flexibility index (Phi) is 2.32. The third-order valence-electron chi connectivity index (χ3n) is 3.67. The summed E-state index contributed by atoms with van der Waals surface area (Å²) in [5.74, 6) is 1.23. The Hall–Kier alpha value is -1.94. The molecule has 0 spiro atoms. The van der Waals surface area contributed by atoms with Crippen molar-refractivity contribution < 1.29 is 0 Å². The predicted octanol–water partition coefficient (Wildman–Crippen LogP) is 2.66. The van der Waals surface area contributed by atoms with Gasteiger partial charge in [-0.15, -0.1) is 10.2 Å². The number of halogens is 1. The van der Waals surface area contributed by atoms with Gasteiger partial charge in [0.25, 0.3) is 0 Å². The molecule has 0 saturated heterocycles. The fraction of sp³-hybridized carbons (Fsp3) is 0.214. The minimum atomic E-state index is 0.332. The van der Waals surface area contributed by atoms with Gasteiger partial charge in [0, 0.05) is 5.92 Å². The molecule has 94 valence electrons. The smallest absolute Gasteiger partial charge is 0.178 e. The van der Waals surface area contributed by atoms with Gasteiger partial charge in [0.05, 0.1) is 0 Å². The topological polar surface area (TPSA) is 43.1 Å². The molecule has 2 heterocycles. The first-order chi connectivity index (χ1) is 9.31. The van der Waals surface area contributed by atoms with Crippen LogP contribution in [0.2, 0.25) is 5.15 Å². The Morgan fingerprint density at radius 2 is 1.74 bits per heavy atom. The zero-order chi connectivity index (χ0) is 12.8. The molecule has 0 radical (unpaired) electrons. The first-order valence-corrected chi connectivity index (χ1v) is 6.64. The summed E-state index contributed by atoms with van der Waals surface area (Å²) in [5, 5.41) is 13.2. The third-order valence-corrected chi connectivity index (χ3v) is 3.87. The van der Waals surface area contributed by atoms with E-state index in [1.54, 1.807) is 10.6 Å². The Labute approximate surface area is 115 Å². The number of hydrogen-bond donors (Lipinski definition) is 0. The van der Waals surface area contributed by atoms with Crippen LogP contribution < -0.4 is 0 Å². The maximum Gasteiger partial charge on any atom is 0.178 e. The van der Waals surface area contributed by atoms with Gasteiger partial charge < -0.3 is 0 Å². The van der Waals surface area contributed by atoms with Gasteiger partial charge in [0.1, 0.15) is 5.15 Å². The van der Waals surface area contributed by atoms with Crippen LogP contribution in [0.5, 0.6) is 0 Å². The lowest BCUT2D eigenvalue weighted by molar-refractivity contribution is 0.650. The van der Waals surface area contributed by atoms with Crippen molar-refractivity contribution in [2.75, 3.05) is 0 Å². The number of nitrogens with zero attached hydrogens (tertiary/aromatic N) is 4. The molecule has 1 aliphatic carbocycles. The van der Waals surface area contributed by atoms with Crippen LogP contribution in [0.15, 0.2) is 36.4 Å². The second-order valence-corrected chi connectivity index (χ2v) is 5.25. The van der Waals surface area contributed by atoms with Crippen LogP contribution in [0, 0.1) is 0 Å². The van der Waals surface area contributed by atoms with Crippen molar-refractivity contribution in [3.8, 4) is 0 Å². The molecular weight excluding hydrogens is 260 g/mol. The van der Waals surface area contributed by atoms with E-state index in [1.807, 2.05) is 6.07 Å². The highest BCUT2D eigenvalue weighted by Gasteiger charge is 2.26. The Morgan fingerprint density at radius 3 is 2.47 bits per heavy atom. The summed E-state index contributed by atoms with van der Waals surface area (Å²) in [6.07, 6.45) is 1.98. The van der Waals surface area contributed by atoms with E-state index in [9.17, 15) is 0 Å². The molecule has 0 unspecified atom stereocenters. The molecule has 0 atom stereocenters. The average Bonchev–Trinajstić information content (AvgIpc) is 3.00. The fourth-order valence-corrected chi connectivity index (χ4v) is 2.92. The second kappa shape index (κ2) is 4.03. The van der Waals surface area contributed by atoms with Crippen molar-refractivity contribution in [3.05, 3.63) is 58.5 Å². The van der Waals surface area contributed by atoms with E-state index in [-0.39, 0.29) is 0 Å². The molecule has 0 N–H and O–H groups in total. The van der Waals surface area contributed by atoms with E-state index >= 15 is 0 Å². The van der Waals surface area contributed by atoms with Crippen LogP contribution in [-0.2, 0) is 12.8 Å². The molecule has 0 saturated carbocycles. The van der Waals surface area contributed by atoms with Crippen molar-refractivity contribution in [1.82, 2.24) is 19.8 Å². The van der Waals surface area contributed by atoms with Crippen molar-refractivity contribution in [3.63, 3.8) is 0 Å². The van der Waals surface area contributed by atoms with Crippen molar-refractivity contribution in [1.29, 1.82) is 0 Å². The standard InChI is InChI=1S/C14H11ClN4/c15-12-5-6-13-16-17-14(19(13)18-12)11-7-9-3-1-2-4-10(9)8-11/h1-6,11H,7-8H2. The van der Waals surface area contributed by atoms with Crippen molar-refractivity contribution in [2.45, 2.75) is 18.8 Å². The van der Waals surface area contributed by atoms with E-state index < -0.39 is 0 Å². The molecule has 3 aromatic rings. The fourth-order valence-electron chi connectivity index (χ4n) is 2.78. The maximum absolute atomic E-state index is 5.96. The Morgan fingerprint density at radius 1 is 1.00 bits per heavy atom. The van der Waals surface area contributed by atoms with E-state index in [4.69, 9.17) is 11.6 Å². The molecular formula is C14H11ClN4. The van der Waals surface area contributed by atoms with E-state index in [2.05, 4.69) is 39.6 Å². The minimum absolute atomic E-state index is 0.332. The maximum atomic E-state index is 5.96. The zero-order valence-corrected chi connectivity index (χ0v) is 10.9. The molecule has 4 rings (SSSR count). The molecule has 1 aromatic carbocycles. The van der Waals surface area contributed by atoms with Crippen LogP contribution in [0.4, 0.5) is 0 Å². The summed E-state index contributed by atoms with van der Waals surface area (Å²) < 4.78 is 1.76. The number of benzene rings is 1. The second-order valence-electron chi connectivity index (χ2n) is 4.86. The minimum Gasteiger partial charge on any atom is -0.196 e. The summed E-state index contributed by atoms with van der Waals surface area (Å²) in [6.45, 7) is 0. The largest absolute Gasteiger partial charge is 0.196 e. The highest BCUT2D eigenvalue weighted by molar-refractivity contribution is 6.29. The highest BCUT2D eigenvalue weighted by Crippen LogP contribution is 2.32. The van der Waals surface area contributed by atoms with Gasteiger partial charge in [0.15, 0.2) is 11.5 Å². The summed E-state index contributed by atoms with van der Waals surface area (Å²) in [5.41, 5.74) is 3.54. The average molecular weight is 271 g/mol. The summed E-state index contributed by atoms with van der Waals surface area (Å²) >= 11 is 5.96. The summed E-state index contributed by atoms with van der Waals surface area (Å²) in [4.78, 5) is 0. The third kappa shape index (κ3) is 1.71. The monoisotopic (exact) mass is 270 g/mol. The van der Waals surface area contributed by atoms with Crippen molar-refractivity contribution >= 4 is 17.2 Å². The number of fused-ring (bicyclic) bond motifs is 2. The molecule has 0 fully saturated rings. The number of hydrogen-bond acceptors (Lipinski definition) is 3. The normalized spacial score (nSPS) is 15.0. The predicted molar refractivity (Wildman–Crippen MR) is 72.4 cm³/mol. The van der Waals surface area contributed by atoms with Gasteiger partial charge in [-0.2, -0.15) is 9.61 Å². The van der Waals surface area contributed by atoms with E-state index in [0.717, 1.165) is 24.3 Å². The van der Waals surface area contributed by atoms with E-state index in [0.29, 0.717) is 11.1 Å². The molecule has 2 aromatic heterocycles. The van der Waals surface area contributed by atoms with Gasteiger partial charge in [-0.25, -0.2) is 0 Å². The lowest BCUT2D eigenvalue weighted by Crippen LogP contribution is -2.06. The first kappa shape index (κ1) is 10.9. The van der Waals surface area contributed by atoms with Gasteiger partial charge in [-0.3, -0.25) is 0 Å². The van der Waals surface area contributed by atoms with Crippen LogP contribution in [-0.4, -0.2) is 19.8 Å². The van der Waals surface area contributed by atoms with Gasteiger partial charge >= 0.3 is 0 Å². The molecule has 0 bridgehead atoms. The lowest BCUT2D eigenvalue weighted by Gasteiger charge is -2.05. The molecule has 4 nitrogen and oxygen atoms in total. The van der Waals surface area contributed by atoms with Gasteiger partial charge in [-0.1, -0.05) is 35.9 Å². The first-order valence-electron chi connectivity index (χ1n) is 6.26. The van der Waals surface area contributed by atoms with Crippen LogP contribution >= 0.6 is 11.6 Å². The molecule has 0 amide bonds. The molecule has 19 heavy (non-hydrogen) atoms. The summed E-state index contributed by atoms with van der Waals surface area (Å²) in [7, 11) is 0. The molecule has 5 heteroatoms. The zero-order valence-electron chi connectivity index (χ0n) is 10.1. The number of aromatic nitrogens is 4. The summed E-state index contributed by atoms with van der Waals surface area (Å²) in [6, 6.07) is 12.1. The Balaban J connectivity index is 1.79. The SMILES string of the molecule is Clc1ccc2nnc(C3Cc4ccccc4C3)n2n1. The lowest BCUT2D eigenvalue weighted by atomic mass is 10.1.